The molecule has 27 heavy (non-hydrogen) atoms. The van der Waals surface area contributed by atoms with Gasteiger partial charge in [0.15, 0.2) is 5.54 Å². The summed E-state index contributed by atoms with van der Waals surface area (Å²) in [6.45, 7) is 11.5. The van der Waals surface area contributed by atoms with E-state index in [1.807, 2.05) is 0 Å². The van der Waals surface area contributed by atoms with Crippen molar-refractivity contribution < 1.29 is 4.57 Å². The van der Waals surface area contributed by atoms with E-state index < -0.39 is 0 Å². The highest BCUT2D eigenvalue weighted by atomic mass is 15.2. The van der Waals surface area contributed by atoms with Crippen molar-refractivity contribution in [3.05, 3.63) is 58.8 Å². The predicted octanol–water partition coefficient (Wildman–Crippen LogP) is 5.68. The highest BCUT2D eigenvalue weighted by molar-refractivity contribution is 5.78. The Labute approximate surface area is 162 Å². The SMILES string of the molecule is CCCCC12CC1(C)c1c(C)cc(C)cc1-c1c(C)nc3ccccc3[n+]12. The zero-order valence-electron chi connectivity index (χ0n) is 17.2. The minimum Gasteiger partial charge on any atom is -0.240 e. The zero-order chi connectivity index (χ0) is 19.0. The molecule has 1 aromatic heterocycles. The first-order valence-electron chi connectivity index (χ1n) is 10.4. The van der Waals surface area contributed by atoms with Gasteiger partial charge in [0.2, 0.25) is 11.2 Å². The minimum atomic E-state index is 0.193. The van der Waals surface area contributed by atoms with Crippen molar-refractivity contribution in [3.8, 4) is 11.3 Å². The summed E-state index contributed by atoms with van der Waals surface area (Å²) < 4.78 is 2.70. The normalized spacial score (nSPS) is 25.1. The van der Waals surface area contributed by atoms with Gasteiger partial charge in [-0.1, -0.05) is 37.1 Å². The van der Waals surface area contributed by atoms with Crippen LogP contribution in [0.25, 0.3) is 22.3 Å². The monoisotopic (exact) mass is 357 g/mol. The van der Waals surface area contributed by atoms with Crippen molar-refractivity contribution in [2.75, 3.05) is 0 Å². The van der Waals surface area contributed by atoms with E-state index in [-0.39, 0.29) is 11.0 Å². The fraction of sp³-hybridized carbons (Fsp3) is 0.440. The molecular formula is C25H29N2+. The van der Waals surface area contributed by atoms with Crippen LogP contribution in [0, 0.1) is 20.8 Å². The van der Waals surface area contributed by atoms with Gasteiger partial charge in [0, 0.05) is 18.9 Å². The minimum absolute atomic E-state index is 0.193. The highest BCUT2D eigenvalue weighted by Gasteiger charge is 2.76. The Morgan fingerprint density at radius 2 is 1.89 bits per heavy atom. The molecule has 138 valence electrons. The van der Waals surface area contributed by atoms with Gasteiger partial charge < -0.3 is 0 Å². The first kappa shape index (κ1) is 16.9. The number of fused-ring (bicyclic) bond motifs is 8. The van der Waals surface area contributed by atoms with Crippen molar-refractivity contribution in [1.82, 2.24) is 4.98 Å². The van der Waals surface area contributed by atoms with Gasteiger partial charge in [0.25, 0.3) is 0 Å². The average Bonchev–Trinajstić information content (AvgIpc) is 3.25. The summed E-state index contributed by atoms with van der Waals surface area (Å²) in [7, 11) is 0. The number of hydrogen-bond acceptors (Lipinski definition) is 1. The fourth-order valence-corrected chi connectivity index (χ4v) is 6.04. The number of benzene rings is 2. The number of aromatic nitrogens is 2. The quantitative estimate of drug-likeness (QED) is 0.551. The first-order valence-corrected chi connectivity index (χ1v) is 10.4. The number of rotatable bonds is 3. The van der Waals surface area contributed by atoms with Crippen LogP contribution >= 0.6 is 0 Å². The van der Waals surface area contributed by atoms with E-state index in [4.69, 9.17) is 4.98 Å². The largest absolute Gasteiger partial charge is 0.240 e. The molecule has 1 fully saturated rings. The summed E-state index contributed by atoms with van der Waals surface area (Å²) in [5.74, 6) is 0. The van der Waals surface area contributed by atoms with Crippen molar-refractivity contribution in [2.45, 2.75) is 71.3 Å². The third-order valence-electron chi connectivity index (χ3n) is 7.18. The maximum Gasteiger partial charge on any atom is 0.235 e. The second-order valence-electron chi connectivity index (χ2n) is 9.02. The molecule has 2 nitrogen and oxygen atoms in total. The van der Waals surface area contributed by atoms with Gasteiger partial charge in [0.1, 0.15) is 11.2 Å². The Hall–Kier alpha value is -2.22. The van der Waals surface area contributed by atoms with Gasteiger partial charge in [-0.15, -0.1) is 0 Å². The summed E-state index contributed by atoms with van der Waals surface area (Å²) in [5.41, 5.74) is 11.1. The van der Waals surface area contributed by atoms with Crippen molar-refractivity contribution in [2.24, 2.45) is 0 Å². The van der Waals surface area contributed by atoms with Crippen LogP contribution in [-0.2, 0) is 11.0 Å². The molecule has 1 aliphatic carbocycles. The maximum atomic E-state index is 5.01. The summed E-state index contributed by atoms with van der Waals surface area (Å²) in [6, 6.07) is 13.5. The maximum absolute atomic E-state index is 5.01. The highest BCUT2D eigenvalue weighted by Crippen LogP contribution is 2.67. The topological polar surface area (TPSA) is 16.8 Å². The summed E-state index contributed by atoms with van der Waals surface area (Å²) in [5, 5.41) is 0. The lowest BCUT2D eigenvalue weighted by Gasteiger charge is -2.30. The van der Waals surface area contributed by atoms with Crippen molar-refractivity contribution in [3.63, 3.8) is 0 Å². The van der Waals surface area contributed by atoms with E-state index in [1.165, 1.54) is 53.6 Å². The molecule has 0 saturated heterocycles. The van der Waals surface area contributed by atoms with Crippen molar-refractivity contribution >= 4 is 11.0 Å². The number of aryl methyl sites for hydroxylation is 3. The Balaban J connectivity index is 1.95. The molecule has 3 aromatic rings. The van der Waals surface area contributed by atoms with Gasteiger partial charge in [-0.3, -0.25) is 0 Å². The average molecular weight is 358 g/mol. The van der Waals surface area contributed by atoms with Crippen molar-refractivity contribution in [1.29, 1.82) is 0 Å². The van der Waals surface area contributed by atoms with Crippen LogP contribution in [0.1, 0.15) is 61.9 Å². The van der Waals surface area contributed by atoms with Gasteiger partial charge in [-0.05, 0) is 57.4 Å². The van der Waals surface area contributed by atoms with Crippen LogP contribution in [0.4, 0.5) is 0 Å². The molecule has 0 spiro atoms. The molecule has 2 heteroatoms. The Morgan fingerprint density at radius 3 is 2.67 bits per heavy atom. The fourth-order valence-electron chi connectivity index (χ4n) is 6.04. The molecule has 0 bridgehead atoms. The Kier molecular flexibility index (Phi) is 3.39. The summed E-state index contributed by atoms with van der Waals surface area (Å²) >= 11 is 0. The number of unbranched alkanes of at least 4 members (excludes halogenated alkanes) is 1. The Morgan fingerprint density at radius 1 is 1.11 bits per heavy atom. The van der Waals surface area contributed by atoms with E-state index >= 15 is 0 Å². The molecular weight excluding hydrogens is 328 g/mol. The number of nitrogens with zero attached hydrogens (tertiary/aromatic N) is 2. The first-order chi connectivity index (χ1) is 12.9. The van der Waals surface area contributed by atoms with E-state index in [9.17, 15) is 0 Å². The zero-order valence-corrected chi connectivity index (χ0v) is 17.2. The van der Waals surface area contributed by atoms with E-state index in [1.54, 1.807) is 5.56 Å². The molecule has 2 aromatic carbocycles. The second kappa shape index (κ2) is 5.41. The molecule has 2 unspecified atom stereocenters. The van der Waals surface area contributed by atoms with Crippen LogP contribution in [0.5, 0.6) is 0 Å². The van der Waals surface area contributed by atoms with Crippen LogP contribution in [0.3, 0.4) is 0 Å². The molecule has 0 radical (unpaired) electrons. The molecule has 5 rings (SSSR count). The molecule has 0 amide bonds. The van der Waals surface area contributed by atoms with Crippen LogP contribution in [0.15, 0.2) is 36.4 Å². The predicted molar refractivity (Wildman–Crippen MR) is 111 cm³/mol. The molecule has 1 saturated carbocycles. The standard InChI is InChI=1S/C25H29N2/c1-6-7-12-25-15-24(25,5)22-17(3)13-16(2)14-19(22)23-18(4)26-20-10-8-9-11-21(20)27(23)25/h8-11,13-14H,6-7,12,15H2,1-5H3/q+1. The molecule has 2 atom stereocenters. The number of para-hydroxylation sites is 2. The van der Waals surface area contributed by atoms with Gasteiger partial charge in [-0.2, -0.15) is 4.57 Å². The lowest BCUT2D eigenvalue weighted by molar-refractivity contribution is -0.712. The molecule has 2 heterocycles. The third-order valence-corrected chi connectivity index (χ3v) is 7.18. The summed E-state index contributed by atoms with van der Waals surface area (Å²) in [6.07, 6.45) is 5.01. The van der Waals surface area contributed by atoms with E-state index in [0.717, 1.165) is 11.2 Å². The van der Waals surface area contributed by atoms with Crippen LogP contribution in [0.2, 0.25) is 0 Å². The molecule has 2 aliphatic rings. The second-order valence-corrected chi connectivity index (χ2v) is 9.02. The van der Waals surface area contributed by atoms with Crippen LogP contribution < -0.4 is 4.57 Å². The van der Waals surface area contributed by atoms with Gasteiger partial charge >= 0.3 is 0 Å². The summed E-state index contributed by atoms with van der Waals surface area (Å²) in [4.78, 5) is 5.01. The van der Waals surface area contributed by atoms with Crippen LogP contribution in [-0.4, -0.2) is 4.98 Å². The molecule has 0 N–H and O–H groups in total. The van der Waals surface area contributed by atoms with E-state index in [0.29, 0.717) is 0 Å². The Bertz CT molecular complexity index is 1100. The van der Waals surface area contributed by atoms with Gasteiger partial charge in [-0.25, -0.2) is 4.98 Å². The lowest BCUT2D eigenvalue weighted by atomic mass is 9.78. The number of hydrogen-bond donors (Lipinski definition) is 0. The van der Waals surface area contributed by atoms with E-state index in [2.05, 4.69) is 75.6 Å². The van der Waals surface area contributed by atoms with Gasteiger partial charge in [0.05, 0.1) is 11.0 Å². The lowest BCUT2D eigenvalue weighted by Crippen LogP contribution is -2.56. The molecule has 1 aliphatic heterocycles. The third kappa shape index (κ3) is 2.02. The smallest absolute Gasteiger partial charge is 0.235 e.